The second-order valence-electron chi connectivity index (χ2n) is 9.21. The predicted molar refractivity (Wildman–Crippen MR) is 204 cm³/mol. The van der Waals surface area contributed by atoms with E-state index in [0.717, 1.165) is 10.7 Å². The molecule has 0 saturated carbocycles. The maximum absolute atomic E-state index is 11.9. The van der Waals surface area contributed by atoms with Crippen LogP contribution in [0, 0.1) is 23.3 Å². The van der Waals surface area contributed by atoms with E-state index < -0.39 is 15.5 Å². The van der Waals surface area contributed by atoms with Crippen LogP contribution in [0.25, 0.3) is 0 Å². The predicted octanol–water partition coefficient (Wildman–Crippen LogP) is 8.56. The second kappa shape index (κ2) is 15.8. The summed E-state index contributed by atoms with van der Waals surface area (Å²) in [5.74, 6) is 2.54. The van der Waals surface area contributed by atoms with Gasteiger partial charge in [-0.25, -0.2) is 0 Å². The Morgan fingerprint density at radius 3 is 1.10 bits per heavy atom. The minimum atomic E-state index is -4.38. The second-order valence-corrected chi connectivity index (χ2v) is 16.6. The third-order valence-corrected chi connectivity index (χ3v) is 11.4. The Balaban J connectivity index is 1.65. The zero-order valence-electron chi connectivity index (χ0n) is 21.6. The van der Waals surface area contributed by atoms with E-state index in [2.05, 4.69) is 67.8 Å². The molecule has 0 aliphatic carbocycles. The molecule has 0 amide bonds. The largest absolute Gasteiger partial charge is 0.493 e. The molecule has 0 aromatic heterocycles. The first-order chi connectivity index (χ1) is 19.9. The molecule has 0 aliphatic rings. The topological polar surface area (TPSA) is 91.3 Å². The summed E-state index contributed by atoms with van der Waals surface area (Å²) in [7, 11) is -4.38. The number of ether oxygens (including phenoxy) is 4. The van der Waals surface area contributed by atoms with Crippen molar-refractivity contribution < 1.29 is 31.9 Å². The van der Waals surface area contributed by atoms with E-state index in [4.69, 9.17) is 18.9 Å². The summed E-state index contributed by atoms with van der Waals surface area (Å²) >= 11 is 10.5. The van der Waals surface area contributed by atoms with Crippen LogP contribution in [0.15, 0.2) is 89.8 Å². The summed E-state index contributed by atoms with van der Waals surface area (Å²) in [4.78, 5) is -0.145. The molecule has 0 spiro atoms. The third-order valence-electron chi connectivity index (χ3n) is 5.85. The lowest BCUT2D eigenvalue weighted by molar-refractivity contribution is -0.00357. The summed E-state index contributed by atoms with van der Waals surface area (Å²) in [6.45, 7) is 0.752. The zero-order chi connectivity index (χ0) is 30.3. The Labute approximate surface area is 313 Å². The van der Waals surface area contributed by atoms with E-state index in [9.17, 15) is 13.0 Å². The fourth-order valence-electron chi connectivity index (χ4n) is 3.65. The van der Waals surface area contributed by atoms with Gasteiger partial charge < -0.3 is 18.9 Å². The maximum Gasteiger partial charge on any atom is 0.296 e. The molecule has 0 heterocycles. The highest BCUT2D eigenvalue weighted by Crippen LogP contribution is 2.32. The van der Waals surface area contributed by atoms with Gasteiger partial charge in [0.25, 0.3) is 10.1 Å². The summed E-state index contributed by atoms with van der Waals surface area (Å²) < 4.78 is 62.5. The first-order valence-corrected chi connectivity index (χ1v) is 19.0. The summed E-state index contributed by atoms with van der Waals surface area (Å²) in [5, 5.41) is 0. The van der Waals surface area contributed by atoms with Crippen molar-refractivity contribution in [2.24, 2.45) is 5.41 Å². The molecule has 7 nitrogen and oxygen atoms in total. The van der Waals surface area contributed by atoms with Gasteiger partial charge in [0.15, 0.2) is 0 Å². The molecule has 1 N–H and O–H groups in total. The van der Waals surface area contributed by atoms with Crippen molar-refractivity contribution in [3.05, 3.63) is 103 Å². The van der Waals surface area contributed by atoms with E-state index in [1.54, 1.807) is 12.1 Å². The highest BCUT2D eigenvalue weighted by molar-refractivity contribution is 14.1. The van der Waals surface area contributed by atoms with Crippen molar-refractivity contribution in [3.8, 4) is 23.0 Å². The molecule has 4 aromatic carbocycles. The average Bonchev–Trinajstić information content (AvgIpc) is 2.94. The van der Waals surface area contributed by atoms with Crippen molar-refractivity contribution in [2.75, 3.05) is 26.4 Å². The van der Waals surface area contributed by atoms with Crippen molar-refractivity contribution >= 4 is 123 Å². The molecule has 4 rings (SSSR count). The lowest BCUT2D eigenvalue weighted by atomic mass is 9.92. The Morgan fingerprint density at radius 1 is 0.524 bits per heavy atom. The van der Waals surface area contributed by atoms with Crippen molar-refractivity contribution in [1.82, 2.24) is 0 Å². The highest BCUT2D eigenvalue weighted by Gasteiger charge is 2.36. The van der Waals surface area contributed by atoms with E-state index in [1.807, 2.05) is 118 Å². The quantitative estimate of drug-likeness (QED) is 0.106. The van der Waals surface area contributed by atoms with E-state index in [-0.39, 0.29) is 31.3 Å². The minimum absolute atomic E-state index is 0.128. The van der Waals surface area contributed by atoms with Gasteiger partial charge in [-0.3, -0.25) is 4.55 Å². The average molecular weight is 1150 g/mol. The molecule has 0 bridgehead atoms. The van der Waals surface area contributed by atoms with Gasteiger partial charge in [0.05, 0.1) is 0 Å². The molecule has 0 fully saturated rings. The summed E-state index contributed by atoms with van der Waals surface area (Å²) in [6.07, 6.45) is 0. The number of halogens is 5. The van der Waals surface area contributed by atoms with Gasteiger partial charge in [0.2, 0.25) is 0 Å². The van der Waals surface area contributed by atoms with Crippen LogP contribution in [0.4, 0.5) is 0 Å². The van der Waals surface area contributed by atoms with Crippen LogP contribution in [-0.4, -0.2) is 39.4 Å². The molecule has 0 aliphatic heterocycles. The Hall–Kier alpha value is -0.360. The van der Waals surface area contributed by atoms with Crippen molar-refractivity contribution in [2.45, 2.75) is 4.90 Å². The molecule has 0 atom stereocenters. The fourth-order valence-corrected chi connectivity index (χ4v) is 8.72. The number of benzene rings is 4. The highest BCUT2D eigenvalue weighted by atomic mass is 127. The van der Waals surface area contributed by atoms with Crippen LogP contribution in [0.1, 0.15) is 0 Å². The molecule has 0 saturated heterocycles. The molecule has 0 unspecified atom stereocenters. The van der Waals surface area contributed by atoms with Gasteiger partial charge in [-0.05, 0) is 198 Å². The van der Waals surface area contributed by atoms with Gasteiger partial charge in [0.1, 0.15) is 59.7 Å². The standard InChI is InChI=1S/C29H23I5O7S/c30-19-1-7-22(8-2-19)38-15-29(16-39-23-9-3-20(31)4-10-23,17-40-24-11-5-21(32)6-12-24)18-41-25-13-26(33)28(27(34)14-25)42(35,36)37/h1-14H,15-18H2,(H,35,36,37). The lowest BCUT2D eigenvalue weighted by Crippen LogP contribution is -2.45. The molecular weight excluding hydrogens is 1130 g/mol. The zero-order valence-corrected chi connectivity index (χ0v) is 33.2. The number of rotatable bonds is 13. The van der Waals surface area contributed by atoms with Crippen LogP contribution in [-0.2, 0) is 10.1 Å². The van der Waals surface area contributed by atoms with Crippen LogP contribution in [0.2, 0.25) is 0 Å². The first-order valence-electron chi connectivity index (χ1n) is 12.2. The van der Waals surface area contributed by atoms with E-state index >= 15 is 0 Å². The molecule has 13 heteroatoms. The Bertz CT molecular complexity index is 1450. The number of hydrogen-bond acceptors (Lipinski definition) is 6. The molecule has 4 aromatic rings. The molecular formula is C29H23I5O7S. The lowest BCUT2D eigenvalue weighted by Gasteiger charge is -2.33. The van der Waals surface area contributed by atoms with Gasteiger partial charge in [-0.15, -0.1) is 0 Å². The van der Waals surface area contributed by atoms with E-state index in [0.29, 0.717) is 30.1 Å². The monoisotopic (exact) mass is 1150 g/mol. The fraction of sp³-hybridized carbons (Fsp3) is 0.172. The number of hydrogen-bond donors (Lipinski definition) is 1. The van der Waals surface area contributed by atoms with Gasteiger partial charge in [-0.1, -0.05) is 0 Å². The van der Waals surface area contributed by atoms with Gasteiger partial charge in [0, 0.05) is 17.9 Å². The van der Waals surface area contributed by atoms with Gasteiger partial charge in [-0.2, -0.15) is 8.42 Å². The van der Waals surface area contributed by atoms with Crippen LogP contribution >= 0.6 is 113 Å². The Morgan fingerprint density at radius 2 is 0.810 bits per heavy atom. The normalized spacial score (nSPS) is 11.7. The summed E-state index contributed by atoms with van der Waals surface area (Å²) in [5.41, 5.74) is -0.798. The third kappa shape index (κ3) is 10.3. The molecule has 0 radical (unpaired) electrons. The van der Waals surface area contributed by atoms with Gasteiger partial charge >= 0.3 is 0 Å². The Kier molecular flexibility index (Phi) is 13.0. The molecule has 42 heavy (non-hydrogen) atoms. The smallest absolute Gasteiger partial charge is 0.296 e. The SMILES string of the molecule is O=S(=O)(O)c1c(I)cc(OCC(COc2ccc(I)cc2)(COc2ccc(I)cc2)COc2ccc(I)cc2)cc1I. The first kappa shape index (κ1) is 34.5. The van der Waals surface area contributed by atoms with Crippen molar-refractivity contribution in [3.63, 3.8) is 0 Å². The van der Waals surface area contributed by atoms with Crippen LogP contribution in [0.5, 0.6) is 23.0 Å². The van der Waals surface area contributed by atoms with Crippen LogP contribution < -0.4 is 18.9 Å². The van der Waals surface area contributed by atoms with Crippen molar-refractivity contribution in [1.29, 1.82) is 0 Å². The maximum atomic E-state index is 11.9. The molecule has 222 valence electrons. The van der Waals surface area contributed by atoms with E-state index in [1.165, 1.54) is 0 Å². The minimum Gasteiger partial charge on any atom is -0.493 e. The summed E-state index contributed by atoms with van der Waals surface area (Å²) in [6, 6.07) is 26.4. The van der Waals surface area contributed by atoms with Crippen LogP contribution in [0.3, 0.4) is 0 Å².